The molecule has 1 aromatic carbocycles. The lowest BCUT2D eigenvalue weighted by molar-refractivity contribution is 0.557. The zero-order valence-electron chi connectivity index (χ0n) is 9.95. The molecule has 0 unspecified atom stereocenters. The summed E-state index contributed by atoms with van der Waals surface area (Å²) in [6.45, 7) is 1.06. The summed E-state index contributed by atoms with van der Waals surface area (Å²) in [4.78, 5) is 0. The Balaban J connectivity index is 2.06. The first kappa shape index (κ1) is 13.8. The van der Waals surface area contributed by atoms with E-state index in [0.29, 0.717) is 34.6 Å². The van der Waals surface area contributed by atoms with Gasteiger partial charge >= 0.3 is 0 Å². The summed E-state index contributed by atoms with van der Waals surface area (Å²) in [7, 11) is 0. The predicted molar refractivity (Wildman–Crippen MR) is 72.6 cm³/mol. The standard InChI is InChI=1S/C11H11ClN6S/c12-10-5-8(6-14)1-2-9(10)7-19-11-15-16-17-18(11)4-3-13/h1-2,5H,3-4,7,13H2. The van der Waals surface area contributed by atoms with Crippen molar-refractivity contribution in [1.29, 1.82) is 5.26 Å². The largest absolute Gasteiger partial charge is 0.329 e. The molecule has 0 saturated heterocycles. The third-order valence-corrected chi connectivity index (χ3v) is 3.74. The number of nitrogens with two attached hydrogens (primary N) is 1. The maximum atomic E-state index is 8.77. The van der Waals surface area contributed by atoms with Gasteiger partial charge in [0.25, 0.3) is 0 Å². The third-order valence-electron chi connectivity index (χ3n) is 2.38. The Morgan fingerprint density at radius 3 is 3.00 bits per heavy atom. The quantitative estimate of drug-likeness (QED) is 0.839. The van der Waals surface area contributed by atoms with E-state index in [0.717, 1.165) is 5.56 Å². The average Bonchev–Trinajstić information content (AvgIpc) is 2.85. The van der Waals surface area contributed by atoms with Crippen LogP contribution in [0.4, 0.5) is 0 Å². The Morgan fingerprint density at radius 2 is 2.32 bits per heavy atom. The molecule has 0 atom stereocenters. The van der Waals surface area contributed by atoms with Gasteiger partial charge in [-0.3, -0.25) is 0 Å². The van der Waals surface area contributed by atoms with Crippen molar-refractivity contribution in [2.75, 3.05) is 6.54 Å². The predicted octanol–water partition coefficient (Wildman–Crippen LogP) is 1.45. The van der Waals surface area contributed by atoms with E-state index in [2.05, 4.69) is 15.5 Å². The van der Waals surface area contributed by atoms with Gasteiger partial charge in [-0.2, -0.15) is 5.26 Å². The van der Waals surface area contributed by atoms with Crippen LogP contribution in [0.1, 0.15) is 11.1 Å². The van der Waals surface area contributed by atoms with E-state index in [9.17, 15) is 0 Å². The molecule has 0 aliphatic heterocycles. The Kier molecular flexibility index (Phi) is 4.74. The first-order valence-corrected chi connectivity index (χ1v) is 6.88. The molecule has 1 heterocycles. The summed E-state index contributed by atoms with van der Waals surface area (Å²) >= 11 is 7.58. The van der Waals surface area contributed by atoms with Gasteiger partial charge in [0.1, 0.15) is 0 Å². The number of hydrogen-bond acceptors (Lipinski definition) is 6. The normalized spacial score (nSPS) is 10.4. The van der Waals surface area contributed by atoms with Crippen LogP contribution in [0.3, 0.4) is 0 Å². The van der Waals surface area contributed by atoms with Crippen LogP contribution in [0, 0.1) is 11.3 Å². The molecule has 0 aliphatic rings. The van der Waals surface area contributed by atoms with Crippen LogP contribution in [-0.2, 0) is 12.3 Å². The summed E-state index contributed by atoms with van der Waals surface area (Å²) in [5, 5.41) is 21.4. The van der Waals surface area contributed by atoms with Crippen LogP contribution in [-0.4, -0.2) is 26.8 Å². The van der Waals surface area contributed by atoms with E-state index in [1.165, 1.54) is 11.8 Å². The minimum atomic E-state index is 0.482. The molecule has 2 N–H and O–H groups in total. The molecule has 0 aliphatic carbocycles. The molecule has 0 amide bonds. The van der Waals surface area contributed by atoms with Crippen LogP contribution in [0.25, 0.3) is 0 Å². The second kappa shape index (κ2) is 6.52. The topological polar surface area (TPSA) is 93.4 Å². The van der Waals surface area contributed by atoms with Gasteiger partial charge in [0.2, 0.25) is 5.16 Å². The van der Waals surface area contributed by atoms with Gasteiger partial charge in [0.15, 0.2) is 0 Å². The van der Waals surface area contributed by atoms with Gasteiger partial charge in [-0.25, -0.2) is 4.68 Å². The maximum absolute atomic E-state index is 8.77. The van der Waals surface area contributed by atoms with E-state index in [1.54, 1.807) is 16.8 Å². The fourth-order valence-corrected chi connectivity index (χ4v) is 2.67. The molecular formula is C11H11ClN6S. The van der Waals surface area contributed by atoms with Crippen molar-refractivity contribution >= 4 is 23.4 Å². The molecule has 0 saturated carbocycles. The number of aromatic nitrogens is 4. The lowest BCUT2D eigenvalue weighted by Crippen LogP contribution is -2.12. The second-order valence-electron chi connectivity index (χ2n) is 3.68. The van der Waals surface area contributed by atoms with Crippen molar-refractivity contribution in [3.8, 4) is 6.07 Å². The highest BCUT2D eigenvalue weighted by Gasteiger charge is 2.08. The summed E-state index contributed by atoms with van der Waals surface area (Å²) in [6, 6.07) is 7.28. The molecule has 8 heteroatoms. The van der Waals surface area contributed by atoms with Crippen LogP contribution in [0.5, 0.6) is 0 Å². The molecule has 0 bridgehead atoms. The van der Waals surface area contributed by atoms with E-state index >= 15 is 0 Å². The van der Waals surface area contributed by atoms with Crippen molar-refractivity contribution < 1.29 is 0 Å². The summed E-state index contributed by atoms with van der Waals surface area (Å²) in [6.07, 6.45) is 0. The number of nitriles is 1. The first-order valence-electron chi connectivity index (χ1n) is 5.52. The number of tetrazole rings is 1. The second-order valence-corrected chi connectivity index (χ2v) is 5.03. The molecule has 0 radical (unpaired) electrons. The Labute approximate surface area is 119 Å². The average molecular weight is 295 g/mol. The highest BCUT2D eigenvalue weighted by atomic mass is 35.5. The molecular weight excluding hydrogens is 284 g/mol. The smallest absolute Gasteiger partial charge is 0.209 e. The van der Waals surface area contributed by atoms with E-state index < -0.39 is 0 Å². The lowest BCUT2D eigenvalue weighted by atomic mass is 10.2. The Morgan fingerprint density at radius 1 is 1.47 bits per heavy atom. The van der Waals surface area contributed by atoms with Crippen molar-refractivity contribution in [1.82, 2.24) is 20.2 Å². The van der Waals surface area contributed by atoms with Gasteiger partial charge in [-0.1, -0.05) is 29.4 Å². The molecule has 2 aromatic rings. The minimum Gasteiger partial charge on any atom is -0.329 e. The highest BCUT2D eigenvalue weighted by molar-refractivity contribution is 7.98. The third kappa shape index (κ3) is 3.44. The Hall–Kier alpha value is -1.62. The molecule has 0 fully saturated rings. The zero-order valence-corrected chi connectivity index (χ0v) is 11.5. The molecule has 1 aromatic heterocycles. The monoisotopic (exact) mass is 294 g/mol. The molecule has 2 rings (SSSR count). The van der Waals surface area contributed by atoms with Crippen LogP contribution < -0.4 is 5.73 Å². The molecule has 19 heavy (non-hydrogen) atoms. The van der Waals surface area contributed by atoms with Gasteiger partial charge in [0.05, 0.1) is 18.2 Å². The van der Waals surface area contributed by atoms with Crippen LogP contribution in [0.15, 0.2) is 23.4 Å². The van der Waals surface area contributed by atoms with Crippen LogP contribution in [0.2, 0.25) is 5.02 Å². The van der Waals surface area contributed by atoms with Crippen molar-refractivity contribution in [3.63, 3.8) is 0 Å². The van der Waals surface area contributed by atoms with Gasteiger partial charge in [-0.15, -0.1) is 5.10 Å². The minimum absolute atomic E-state index is 0.482. The fourth-order valence-electron chi connectivity index (χ4n) is 1.44. The maximum Gasteiger partial charge on any atom is 0.209 e. The number of halogens is 1. The summed E-state index contributed by atoms with van der Waals surface area (Å²) < 4.78 is 1.65. The summed E-state index contributed by atoms with van der Waals surface area (Å²) in [5.74, 6) is 0.634. The van der Waals surface area contributed by atoms with Crippen molar-refractivity contribution in [3.05, 3.63) is 34.3 Å². The van der Waals surface area contributed by atoms with E-state index in [-0.39, 0.29) is 0 Å². The number of benzene rings is 1. The first-order chi connectivity index (χ1) is 9.24. The highest BCUT2D eigenvalue weighted by Crippen LogP contribution is 2.25. The zero-order chi connectivity index (χ0) is 13.7. The van der Waals surface area contributed by atoms with E-state index in [1.807, 2.05) is 12.1 Å². The molecule has 6 nitrogen and oxygen atoms in total. The molecule has 98 valence electrons. The lowest BCUT2D eigenvalue weighted by Gasteiger charge is -2.04. The number of thioether (sulfide) groups is 1. The molecule has 0 spiro atoms. The van der Waals surface area contributed by atoms with Crippen molar-refractivity contribution in [2.45, 2.75) is 17.5 Å². The van der Waals surface area contributed by atoms with E-state index in [4.69, 9.17) is 22.6 Å². The van der Waals surface area contributed by atoms with Crippen molar-refractivity contribution in [2.24, 2.45) is 5.73 Å². The summed E-state index contributed by atoms with van der Waals surface area (Å²) in [5.41, 5.74) is 6.96. The van der Waals surface area contributed by atoms with Gasteiger partial charge in [0, 0.05) is 17.3 Å². The fraction of sp³-hybridized carbons (Fsp3) is 0.273. The number of nitrogens with zero attached hydrogens (tertiary/aromatic N) is 5. The number of hydrogen-bond donors (Lipinski definition) is 1. The van der Waals surface area contributed by atoms with Crippen LogP contribution >= 0.6 is 23.4 Å². The van der Waals surface area contributed by atoms with Gasteiger partial charge in [-0.05, 0) is 28.1 Å². The Bertz CT molecular complexity index is 605. The number of rotatable bonds is 5. The van der Waals surface area contributed by atoms with Gasteiger partial charge < -0.3 is 5.73 Å². The SMILES string of the molecule is N#Cc1ccc(CSc2nnnn2CCN)c(Cl)c1.